The molecule has 0 heterocycles. The molecule has 1 N–H and O–H groups in total. The fourth-order valence-electron chi connectivity index (χ4n) is 1.53. The fraction of sp³-hybridized carbons (Fsp3) is 0.538. The van der Waals surface area contributed by atoms with Crippen molar-refractivity contribution in [3.05, 3.63) is 34.9 Å². The summed E-state index contributed by atoms with van der Waals surface area (Å²) in [4.78, 5) is 0. The van der Waals surface area contributed by atoms with E-state index in [-0.39, 0.29) is 0 Å². The molecular formula is C13H20ClN. The Kier molecular flexibility index (Phi) is 5.74. The second kappa shape index (κ2) is 6.86. The van der Waals surface area contributed by atoms with Gasteiger partial charge in [-0.1, -0.05) is 30.7 Å². The Morgan fingerprint density at radius 1 is 1.27 bits per heavy atom. The summed E-state index contributed by atoms with van der Waals surface area (Å²) in [6.45, 7) is 5.55. The van der Waals surface area contributed by atoms with Gasteiger partial charge in [0.25, 0.3) is 0 Å². The van der Waals surface area contributed by atoms with Crippen LogP contribution in [0.25, 0.3) is 0 Å². The smallest absolute Gasteiger partial charge is 0.0406 e. The standard InChI is InChI=1S/C13H20ClN/c1-3-10-15-11(2)4-5-12-6-8-13(14)9-7-12/h6-9,11,15H,3-5,10H2,1-2H3. The molecule has 0 aromatic heterocycles. The lowest BCUT2D eigenvalue weighted by Gasteiger charge is -2.12. The highest BCUT2D eigenvalue weighted by Gasteiger charge is 2.00. The van der Waals surface area contributed by atoms with Crippen LogP contribution in [0.15, 0.2) is 24.3 Å². The van der Waals surface area contributed by atoms with Gasteiger partial charge < -0.3 is 5.32 Å². The third kappa shape index (κ3) is 5.19. The Morgan fingerprint density at radius 2 is 1.93 bits per heavy atom. The van der Waals surface area contributed by atoms with Crippen LogP contribution in [0.5, 0.6) is 0 Å². The number of hydrogen-bond donors (Lipinski definition) is 1. The van der Waals surface area contributed by atoms with Crippen molar-refractivity contribution in [2.45, 2.75) is 39.2 Å². The third-order valence-corrected chi connectivity index (χ3v) is 2.77. The van der Waals surface area contributed by atoms with E-state index < -0.39 is 0 Å². The Morgan fingerprint density at radius 3 is 2.53 bits per heavy atom. The van der Waals surface area contributed by atoms with Gasteiger partial charge in [0.05, 0.1) is 0 Å². The molecule has 1 aromatic carbocycles. The zero-order valence-corrected chi connectivity index (χ0v) is 10.3. The largest absolute Gasteiger partial charge is 0.314 e. The molecule has 84 valence electrons. The summed E-state index contributed by atoms with van der Waals surface area (Å²) in [6, 6.07) is 8.73. The second-order valence-electron chi connectivity index (χ2n) is 4.02. The first-order valence-electron chi connectivity index (χ1n) is 5.70. The Bertz CT molecular complexity index is 268. The van der Waals surface area contributed by atoms with Crippen LogP contribution in [0, 0.1) is 0 Å². The number of nitrogens with one attached hydrogen (secondary N) is 1. The minimum absolute atomic E-state index is 0.598. The average Bonchev–Trinajstić information content (AvgIpc) is 2.25. The van der Waals surface area contributed by atoms with Gasteiger partial charge in [0.1, 0.15) is 0 Å². The first-order valence-corrected chi connectivity index (χ1v) is 6.08. The van der Waals surface area contributed by atoms with Crippen molar-refractivity contribution in [1.29, 1.82) is 0 Å². The predicted octanol–water partition coefficient (Wildman–Crippen LogP) is 3.66. The summed E-state index contributed by atoms with van der Waals surface area (Å²) in [7, 11) is 0. The monoisotopic (exact) mass is 225 g/mol. The predicted molar refractivity (Wildman–Crippen MR) is 67.5 cm³/mol. The molecule has 0 saturated carbocycles. The van der Waals surface area contributed by atoms with Crippen molar-refractivity contribution in [1.82, 2.24) is 5.32 Å². The van der Waals surface area contributed by atoms with Gasteiger partial charge in [0.2, 0.25) is 0 Å². The molecular weight excluding hydrogens is 206 g/mol. The van der Waals surface area contributed by atoms with E-state index in [9.17, 15) is 0 Å². The molecule has 0 aliphatic rings. The topological polar surface area (TPSA) is 12.0 Å². The summed E-state index contributed by atoms with van der Waals surface area (Å²) >= 11 is 5.83. The normalized spacial score (nSPS) is 12.7. The van der Waals surface area contributed by atoms with E-state index in [0.29, 0.717) is 6.04 Å². The van der Waals surface area contributed by atoms with Crippen LogP contribution < -0.4 is 5.32 Å². The van der Waals surface area contributed by atoms with E-state index in [1.165, 1.54) is 18.4 Å². The van der Waals surface area contributed by atoms with Crippen molar-refractivity contribution < 1.29 is 0 Å². The fourth-order valence-corrected chi connectivity index (χ4v) is 1.65. The minimum Gasteiger partial charge on any atom is -0.314 e. The van der Waals surface area contributed by atoms with Gasteiger partial charge in [-0.15, -0.1) is 0 Å². The van der Waals surface area contributed by atoms with E-state index in [0.717, 1.165) is 18.0 Å². The molecule has 0 aliphatic carbocycles. The average molecular weight is 226 g/mol. The molecule has 0 saturated heterocycles. The summed E-state index contributed by atoms with van der Waals surface area (Å²) < 4.78 is 0. The third-order valence-electron chi connectivity index (χ3n) is 2.52. The number of benzene rings is 1. The van der Waals surface area contributed by atoms with Gasteiger partial charge in [-0.05, 0) is 50.4 Å². The van der Waals surface area contributed by atoms with Gasteiger partial charge in [0.15, 0.2) is 0 Å². The van der Waals surface area contributed by atoms with E-state index in [1.54, 1.807) is 0 Å². The second-order valence-corrected chi connectivity index (χ2v) is 4.46. The maximum absolute atomic E-state index is 5.83. The Hall–Kier alpha value is -0.530. The van der Waals surface area contributed by atoms with Crippen LogP contribution >= 0.6 is 11.6 Å². The zero-order valence-electron chi connectivity index (χ0n) is 9.59. The van der Waals surface area contributed by atoms with Crippen molar-refractivity contribution in [2.75, 3.05) is 6.54 Å². The van der Waals surface area contributed by atoms with Crippen LogP contribution in [-0.2, 0) is 6.42 Å². The lowest BCUT2D eigenvalue weighted by atomic mass is 10.1. The first kappa shape index (κ1) is 12.5. The van der Waals surface area contributed by atoms with Crippen LogP contribution in [0.4, 0.5) is 0 Å². The maximum atomic E-state index is 5.83. The molecule has 1 atom stereocenters. The highest BCUT2D eigenvalue weighted by Crippen LogP contribution is 2.11. The van der Waals surface area contributed by atoms with Gasteiger partial charge in [0, 0.05) is 11.1 Å². The lowest BCUT2D eigenvalue weighted by molar-refractivity contribution is 0.514. The van der Waals surface area contributed by atoms with E-state index in [1.807, 2.05) is 12.1 Å². The molecule has 1 unspecified atom stereocenters. The quantitative estimate of drug-likeness (QED) is 0.779. The molecule has 1 aromatic rings. The Balaban J connectivity index is 2.27. The number of hydrogen-bond acceptors (Lipinski definition) is 1. The van der Waals surface area contributed by atoms with Crippen LogP contribution in [0.2, 0.25) is 5.02 Å². The van der Waals surface area contributed by atoms with E-state index >= 15 is 0 Å². The van der Waals surface area contributed by atoms with Gasteiger partial charge in [-0.2, -0.15) is 0 Å². The van der Waals surface area contributed by atoms with Gasteiger partial charge >= 0.3 is 0 Å². The molecule has 1 nitrogen and oxygen atoms in total. The van der Waals surface area contributed by atoms with Crippen molar-refractivity contribution in [3.8, 4) is 0 Å². The van der Waals surface area contributed by atoms with E-state index in [4.69, 9.17) is 11.6 Å². The molecule has 2 heteroatoms. The summed E-state index contributed by atoms with van der Waals surface area (Å²) in [5, 5.41) is 4.30. The highest BCUT2D eigenvalue weighted by atomic mass is 35.5. The molecule has 0 amide bonds. The minimum atomic E-state index is 0.598. The van der Waals surface area contributed by atoms with Gasteiger partial charge in [-0.3, -0.25) is 0 Å². The lowest BCUT2D eigenvalue weighted by Crippen LogP contribution is -2.27. The van der Waals surface area contributed by atoms with E-state index in [2.05, 4.69) is 31.3 Å². The van der Waals surface area contributed by atoms with Crippen molar-refractivity contribution in [3.63, 3.8) is 0 Å². The Labute approximate surface area is 97.8 Å². The molecule has 0 fully saturated rings. The van der Waals surface area contributed by atoms with Crippen molar-refractivity contribution >= 4 is 11.6 Å². The van der Waals surface area contributed by atoms with Crippen LogP contribution in [0.1, 0.15) is 32.3 Å². The SMILES string of the molecule is CCCNC(C)CCc1ccc(Cl)cc1. The summed E-state index contributed by atoms with van der Waals surface area (Å²) in [6.07, 6.45) is 3.50. The number of halogens is 1. The van der Waals surface area contributed by atoms with Crippen molar-refractivity contribution in [2.24, 2.45) is 0 Å². The molecule has 0 spiro atoms. The molecule has 1 rings (SSSR count). The molecule has 0 bridgehead atoms. The maximum Gasteiger partial charge on any atom is 0.0406 e. The molecule has 15 heavy (non-hydrogen) atoms. The van der Waals surface area contributed by atoms with Crippen LogP contribution in [-0.4, -0.2) is 12.6 Å². The number of rotatable bonds is 6. The summed E-state index contributed by atoms with van der Waals surface area (Å²) in [5.74, 6) is 0. The van der Waals surface area contributed by atoms with Crippen LogP contribution in [0.3, 0.4) is 0 Å². The highest BCUT2D eigenvalue weighted by molar-refractivity contribution is 6.30. The molecule has 0 aliphatic heterocycles. The van der Waals surface area contributed by atoms with Gasteiger partial charge in [-0.25, -0.2) is 0 Å². The first-order chi connectivity index (χ1) is 7.22. The number of aryl methyl sites for hydroxylation is 1. The molecule has 0 radical (unpaired) electrons. The zero-order chi connectivity index (χ0) is 11.1. The summed E-state index contributed by atoms with van der Waals surface area (Å²) in [5.41, 5.74) is 1.37.